The first-order chi connectivity index (χ1) is 14.0. The lowest BCUT2D eigenvalue weighted by molar-refractivity contribution is -0.123. The van der Waals surface area contributed by atoms with Crippen molar-refractivity contribution >= 4 is 22.9 Å². The van der Waals surface area contributed by atoms with Crippen molar-refractivity contribution < 1.29 is 14.3 Å². The fraction of sp³-hybridized carbons (Fsp3) is 0.304. The molecule has 0 aliphatic heterocycles. The van der Waals surface area contributed by atoms with Gasteiger partial charge < -0.3 is 20.4 Å². The maximum atomic E-state index is 12.7. The Morgan fingerprint density at radius 2 is 1.76 bits per heavy atom. The van der Waals surface area contributed by atoms with Gasteiger partial charge in [0.25, 0.3) is 0 Å². The molecule has 0 saturated carbocycles. The third-order valence-corrected chi connectivity index (χ3v) is 4.60. The van der Waals surface area contributed by atoms with Crippen LogP contribution in [0, 0.1) is 5.92 Å². The van der Waals surface area contributed by atoms with Crippen LogP contribution >= 0.6 is 0 Å². The van der Waals surface area contributed by atoms with Gasteiger partial charge in [0.2, 0.25) is 5.91 Å². The largest absolute Gasteiger partial charge is 0.445 e. The molecule has 1 heterocycles. The fourth-order valence-corrected chi connectivity index (χ4v) is 3.06. The van der Waals surface area contributed by atoms with Crippen molar-refractivity contribution in [3.05, 3.63) is 71.9 Å². The predicted octanol–water partition coefficient (Wildman–Crippen LogP) is 3.78. The van der Waals surface area contributed by atoms with E-state index in [0.717, 1.165) is 22.0 Å². The first kappa shape index (κ1) is 20.5. The van der Waals surface area contributed by atoms with Crippen LogP contribution in [0.3, 0.4) is 0 Å². The monoisotopic (exact) mass is 393 g/mol. The molecule has 0 aliphatic carbocycles. The van der Waals surface area contributed by atoms with E-state index in [1.54, 1.807) is 0 Å². The minimum atomic E-state index is -0.726. The molecule has 0 bridgehead atoms. The molecule has 0 saturated heterocycles. The van der Waals surface area contributed by atoms with E-state index in [2.05, 4.69) is 15.6 Å². The molecule has 0 spiro atoms. The molecule has 2 aromatic carbocycles. The van der Waals surface area contributed by atoms with E-state index in [-0.39, 0.29) is 12.5 Å². The molecule has 0 radical (unpaired) electrons. The molecule has 6 heteroatoms. The Bertz CT molecular complexity index is 950. The van der Waals surface area contributed by atoms with Crippen LogP contribution in [0.2, 0.25) is 0 Å². The van der Waals surface area contributed by atoms with Gasteiger partial charge in [-0.1, -0.05) is 62.4 Å². The number of amides is 2. The second-order valence-electron chi connectivity index (χ2n) is 7.46. The van der Waals surface area contributed by atoms with Gasteiger partial charge in [0, 0.05) is 30.1 Å². The number of fused-ring (bicyclic) bond motifs is 1. The SMILES string of the molecule is CC(C)CNC(=O)[C@@H](Cc1c[nH]c2ccccc12)NC(=O)OCc1ccccc1. The van der Waals surface area contributed by atoms with E-state index < -0.39 is 12.1 Å². The summed E-state index contributed by atoms with van der Waals surface area (Å²) in [5.74, 6) is 0.0957. The first-order valence-electron chi connectivity index (χ1n) is 9.83. The smallest absolute Gasteiger partial charge is 0.408 e. The molecule has 29 heavy (non-hydrogen) atoms. The van der Waals surface area contributed by atoms with Crippen molar-refractivity contribution in [2.24, 2.45) is 5.92 Å². The van der Waals surface area contributed by atoms with Crippen molar-refractivity contribution in [1.29, 1.82) is 0 Å². The highest BCUT2D eigenvalue weighted by Crippen LogP contribution is 2.19. The molecule has 6 nitrogen and oxygen atoms in total. The van der Waals surface area contributed by atoms with Crippen molar-refractivity contribution in [2.75, 3.05) is 6.54 Å². The third-order valence-electron chi connectivity index (χ3n) is 4.60. The Balaban J connectivity index is 1.68. The molecule has 152 valence electrons. The number of carbonyl (C=O) groups is 2. The van der Waals surface area contributed by atoms with Crippen molar-refractivity contribution in [1.82, 2.24) is 15.6 Å². The second kappa shape index (κ2) is 9.78. The summed E-state index contributed by atoms with van der Waals surface area (Å²) in [5, 5.41) is 6.66. The predicted molar refractivity (Wildman–Crippen MR) is 113 cm³/mol. The van der Waals surface area contributed by atoms with E-state index in [1.807, 2.05) is 74.6 Å². The van der Waals surface area contributed by atoms with Gasteiger partial charge in [-0.05, 0) is 23.1 Å². The van der Waals surface area contributed by atoms with E-state index >= 15 is 0 Å². The molecule has 0 unspecified atom stereocenters. The Morgan fingerprint density at radius 1 is 1.03 bits per heavy atom. The van der Waals surface area contributed by atoms with E-state index in [1.165, 1.54) is 0 Å². The van der Waals surface area contributed by atoms with Gasteiger partial charge in [0.05, 0.1) is 0 Å². The van der Waals surface area contributed by atoms with Crippen LogP contribution in [0.15, 0.2) is 60.8 Å². The first-order valence-corrected chi connectivity index (χ1v) is 9.83. The lowest BCUT2D eigenvalue weighted by atomic mass is 10.0. The Kier molecular flexibility index (Phi) is 6.89. The van der Waals surface area contributed by atoms with Crippen LogP contribution in [0.4, 0.5) is 4.79 Å². The van der Waals surface area contributed by atoms with Crippen molar-refractivity contribution in [3.63, 3.8) is 0 Å². The summed E-state index contributed by atoms with van der Waals surface area (Å²) in [4.78, 5) is 28.3. The van der Waals surface area contributed by atoms with E-state index in [4.69, 9.17) is 4.74 Å². The number of H-pyrrole nitrogens is 1. The number of aromatic nitrogens is 1. The molecule has 0 aliphatic rings. The fourth-order valence-electron chi connectivity index (χ4n) is 3.06. The molecule has 1 aromatic heterocycles. The number of hydrogen-bond acceptors (Lipinski definition) is 3. The molecule has 0 fully saturated rings. The summed E-state index contributed by atoms with van der Waals surface area (Å²) in [5.41, 5.74) is 2.85. The van der Waals surface area contributed by atoms with Crippen molar-refractivity contribution in [3.8, 4) is 0 Å². The second-order valence-corrected chi connectivity index (χ2v) is 7.46. The van der Waals surface area contributed by atoms with Gasteiger partial charge in [0.1, 0.15) is 12.6 Å². The minimum absolute atomic E-state index is 0.153. The van der Waals surface area contributed by atoms with Gasteiger partial charge >= 0.3 is 6.09 Å². The highest BCUT2D eigenvalue weighted by molar-refractivity contribution is 5.88. The average Bonchev–Trinajstić information content (AvgIpc) is 3.13. The number of para-hydroxylation sites is 1. The topological polar surface area (TPSA) is 83.2 Å². The standard InChI is InChI=1S/C23H27N3O3/c1-16(2)13-25-22(27)21(12-18-14-24-20-11-7-6-10-19(18)20)26-23(28)29-15-17-8-4-3-5-9-17/h3-11,14,16,21,24H,12-13,15H2,1-2H3,(H,25,27)(H,26,28)/t21-/m1/s1. The number of ether oxygens (including phenoxy) is 1. The van der Waals surface area contributed by atoms with Crippen molar-refractivity contribution in [2.45, 2.75) is 32.9 Å². The molecule has 2 amide bonds. The zero-order valence-corrected chi connectivity index (χ0v) is 16.8. The van der Waals surface area contributed by atoms with Gasteiger partial charge in [-0.2, -0.15) is 0 Å². The Labute approximate surface area is 170 Å². The molecular weight excluding hydrogens is 366 g/mol. The maximum absolute atomic E-state index is 12.7. The number of rotatable bonds is 8. The lowest BCUT2D eigenvalue weighted by Gasteiger charge is -2.19. The van der Waals surface area contributed by atoms with Crippen LogP contribution < -0.4 is 10.6 Å². The number of carbonyl (C=O) groups excluding carboxylic acids is 2. The van der Waals surface area contributed by atoms with Crippen LogP contribution in [0.1, 0.15) is 25.0 Å². The van der Waals surface area contributed by atoms with E-state index in [0.29, 0.717) is 18.9 Å². The summed E-state index contributed by atoms with van der Waals surface area (Å²) in [6.07, 6.45) is 1.64. The van der Waals surface area contributed by atoms with Crippen LogP contribution in [-0.4, -0.2) is 29.6 Å². The maximum Gasteiger partial charge on any atom is 0.408 e. The Hall–Kier alpha value is -3.28. The molecule has 3 rings (SSSR count). The Morgan fingerprint density at radius 3 is 2.52 bits per heavy atom. The van der Waals surface area contributed by atoms with E-state index in [9.17, 15) is 9.59 Å². The summed E-state index contributed by atoms with van der Waals surface area (Å²) in [6, 6.07) is 16.6. The van der Waals surface area contributed by atoms with Gasteiger partial charge in [-0.3, -0.25) is 4.79 Å². The molecule has 3 aromatic rings. The number of alkyl carbamates (subject to hydrolysis) is 1. The summed E-state index contributed by atoms with van der Waals surface area (Å²) in [6.45, 7) is 4.75. The van der Waals surface area contributed by atoms with Crippen LogP contribution in [0.5, 0.6) is 0 Å². The lowest BCUT2D eigenvalue weighted by Crippen LogP contribution is -2.48. The minimum Gasteiger partial charge on any atom is -0.445 e. The highest BCUT2D eigenvalue weighted by atomic mass is 16.5. The highest BCUT2D eigenvalue weighted by Gasteiger charge is 2.23. The van der Waals surface area contributed by atoms with Crippen LogP contribution in [0.25, 0.3) is 10.9 Å². The van der Waals surface area contributed by atoms with Gasteiger partial charge in [0.15, 0.2) is 0 Å². The van der Waals surface area contributed by atoms with Gasteiger partial charge in [-0.15, -0.1) is 0 Å². The average molecular weight is 393 g/mol. The molecule has 3 N–H and O–H groups in total. The number of nitrogens with one attached hydrogen (secondary N) is 3. The summed E-state index contributed by atoms with van der Waals surface area (Å²) in [7, 11) is 0. The zero-order valence-electron chi connectivity index (χ0n) is 16.8. The summed E-state index contributed by atoms with van der Waals surface area (Å²) < 4.78 is 5.30. The zero-order chi connectivity index (χ0) is 20.6. The summed E-state index contributed by atoms with van der Waals surface area (Å²) >= 11 is 0. The van der Waals surface area contributed by atoms with Gasteiger partial charge in [-0.25, -0.2) is 4.79 Å². The third kappa shape index (κ3) is 5.85. The number of aromatic amines is 1. The van der Waals surface area contributed by atoms with Crippen LogP contribution in [-0.2, 0) is 22.6 Å². The molecular formula is C23H27N3O3. The quantitative estimate of drug-likeness (QED) is 0.545. The molecule has 1 atom stereocenters. The normalized spacial score (nSPS) is 12.0. The number of hydrogen-bond donors (Lipinski definition) is 3. The number of benzene rings is 2.